The lowest BCUT2D eigenvalue weighted by Crippen LogP contribution is -2.37. The van der Waals surface area contributed by atoms with Gasteiger partial charge in [-0.2, -0.15) is 0 Å². The van der Waals surface area contributed by atoms with Crippen LogP contribution in [0.4, 0.5) is 0 Å². The number of hydrogen-bond acceptors (Lipinski definition) is 4. The van der Waals surface area contributed by atoms with E-state index >= 15 is 0 Å². The molecule has 0 saturated carbocycles. The van der Waals surface area contributed by atoms with Crippen LogP contribution in [0.2, 0.25) is 0 Å². The maximum absolute atomic E-state index is 11.5. The SMILES string of the molecule is CC(O[C@H](C)C(=O)O)C(=O)NCc1ccco1. The Hall–Kier alpha value is -1.82. The molecule has 6 nitrogen and oxygen atoms in total. The number of rotatable bonds is 6. The van der Waals surface area contributed by atoms with Gasteiger partial charge in [0.05, 0.1) is 12.8 Å². The molecule has 1 aromatic rings. The van der Waals surface area contributed by atoms with Gasteiger partial charge in [0.2, 0.25) is 5.91 Å². The highest BCUT2D eigenvalue weighted by atomic mass is 16.5. The second-order valence-electron chi connectivity index (χ2n) is 3.56. The lowest BCUT2D eigenvalue weighted by Gasteiger charge is -2.15. The van der Waals surface area contributed by atoms with Gasteiger partial charge in [-0.25, -0.2) is 4.79 Å². The van der Waals surface area contributed by atoms with E-state index in [-0.39, 0.29) is 12.5 Å². The topological polar surface area (TPSA) is 88.8 Å². The molecule has 0 aromatic carbocycles. The zero-order chi connectivity index (χ0) is 12.8. The summed E-state index contributed by atoms with van der Waals surface area (Å²) in [6.07, 6.45) is -0.330. The average molecular weight is 241 g/mol. The molecule has 2 N–H and O–H groups in total. The molecule has 0 aliphatic heterocycles. The number of carboxylic acids is 1. The van der Waals surface area contributed by atoms with Crippen LogP contribution in [-0.2, 0) is 20.9 Å². The maximum Gasteiger partial charge on any atom is 0.332 e. The minimum atomic E-state index is -1.10. The Kier molecular flexibility index (Phi) is 4.71. The highest BCUT2D eigenvalue weighted by molar-refractivity contribution is 5.81. The van der Waals surface area contributed by atoms with Crippen molar-refractivity contribution in [3.63, 3.8) is 0 Å². The Morgan fingerprint density at radius 1 is 1.47 bits per heavy atom. The Morgan fingerprint density at radius 2 is 2.18 bits per heavy atom. The summed E-state index contributed by atoms with van der Waals surface area (Å²) in [7, 11) is 0. The largest absolute Gasteiger partial charge is 0.479 e. The number of furan rings is 1. The number of carbonyl (C=O) groups excluding carboxylic acids is 1. The third kappa shape index (κ3) is 4.28. The molecule has 17 heavy (non-hydrogen) atoms. The molecule has 2 atom stereocenters. The predicted molar refractivity (Wildman–Crippen MR) is 58.2 cm³/mol. The van der Waals surface area contributed by atoms with Crippen molar-refractivity contribution >= 4 is 11.9 Å². The second kappa shape index (κ2) is 6.05. The number of ether oxygens (including phenoxy) is 1. The van der Waals surface area contributed by atoms with Crippen LogP contribution in [0.5, 0.6) is 0 Å². The summed E-state index contributed by atoms with van der Waals surface area (Å²) in [5, 5.41) is 11.2. The summed E-state index contributed by atoms with van der Waals surface area (Å²) in [5.74, 6) is -0.859. The molecule has 0 radical (unpaired) electrons. The molecule has 1 unspecified atom stereocenters. The Balaban J connectivity index is 2.34. The van der Waals surface area contributed by atoms with Gasteiger partial charge in [0, 0.05) is 0 Å². The van der Waals surface area contributed by atoms with Gasteiger partial charge in [-0.1, -0.05) is 0 Å². The van der Waals surface area contributed by atoms with Crippen LogP contribution in [0.15, 0.2) is 22.8 Å². The van der Waals surface area contributed by atoms with E-state index in [0.29, 0.717) is 5.76 Å². The van der Waals surface area contributed by atoms with E-state index < -0.39 is 18.2 Å². The molecule has 0 saturated heterocycles. The second-order valence-corrected chi connectivity index (χ2v) is 3.56. The molecule has 0 aliphatic carbocycles. The summed E-state index contributed by atoms with van der Waals surface area (Å²) < 4.78 is 10.0. The number of amides is 1. The zero-order valence-corrected chi connectivity index (χ0v) is 9.67. The number of nitrogens with one attached hydrogen (secondary N) is 1. The fourth-order valence-electron chi connectivity index (χ4n) is 1.16. The molecule has 1 aromatic heterocycles. The monoisotopic (exact) mass is 241 g/mol. The lowest BCUT2D eigenvalue weighted by molar-refractivity contribution is -0.155. The van der Waals surface area contributed by atoms with Crippen LogP contribution in [0, 0.1) is 0 Å². The smallest absolute Gasteiger partial charge is 0.332 e. The van der Waals surface area contributed by atoms with E-state index in [0.717, 1.165) is 0 Å². The number of hydrogen-bond donors (Lipinski definition) is 2. The molecule has 94 valence electrons. The highest BCUT2D eigenvalue weighted by Crippen LogP contribution is 2.01. The van der Waals surface area contributed by atoms with E-state index in [4.69, 9.17) is 14.3 Å². The van der Waals surface area contributed by atoms with Gasteiger partial charge in [0.1, 0.15) is 11.9 Å². The fraction of sp³-hybridized carbons (Fsp3) is 0.455. The van der Waals surface area contributed by atoms with Crippen LogP contribution < -0.4 is 5.32 Å². The third-order valence-electron chi connectivity index (χ3n) is 2.14. The van der Waals surface area contributed by atoms with Crippen molar-refractivity contribution in [3.05, 3.63) is 24.2 Å². The van der Waals surface area contributed by atoms with E-state index in [1.54, 1.807) is 12.1 Å². The fourth-order valence-corrected chi connectivity index (χ4v) is 1.16. The molecule has 0 fully saturated rings. The molecular weight excluding hydrogens is 226 g/mol. The van der Waals surface area contributed by atoms with Gasteiger partial charge in [0.25, 0.3) is 0 Å². The standard InChI is InChI=1S/C11H15NO5/c1-7(17-8(2)11(14)15)10(13)12-6-9-4-3-5-16-9/h3-5,7-8H,6H2,1-2H3,(H,12,13)(H,14,15)/t7?,8-/m1/s1. The Labute approximate surface area is 98.6 Å². The minimum Gasteiger partial charge on any atom is -0.479 e. The summed E-state index contributed by atoms with van der Waals surface area (Å²) in [5.41, 5.74) is 0. The Morgan fingerprint density at radius 3 is 2.71 bits per heavy atom. The molecule has 0 spiro atoms. The van der Waals surface area contributed by atoms with Crippen LogP contribution >= 0.6 is 0 Å². The Bertz CT molecular complexity index is 373. The van der Waals surface area contributed by atoms with E-state index in [9.17, 15) is 9.59 Å². The molecule has 0 bridgehead atoms. The van der Waals surface area contributed by atoms with Crippen LogP contribution in [0.1, 0.15) is 19.6 Å². The van der Waals surface area contributed by atoms with E-state index in [1.807, 2.05) is 0 Å². The lowest BCUT2D eigenvalue weighted by atomic mass is 10.3. The highest BCUT2D eigenvalue weighted by Gasteiger charge is 2.20. The van der Waals surface area contributed by atoms with Gasteiger partial charge in [-0.15, -0.1) is 0 Å². The van der Waals surface area contributed by atoms with Crippen molar-refractivity contribution in [2.45, 2.75) is 32.6 Å². The molecular formula is C11H15NO5. The summed E-state index contributed by atoms with van der Waals surface area (Å²) in [4.78, 5) is 22.1. The summed E-state index contributed by atoms with van der Waals surface area (Å²) in [6, 6.07) is 3.44. The maximum atomic E-state index is 11.5. The first-order valence-corrected chi connectivity index (χ1v) is 5.19. The van der Waals surface area contributed by atoms with Gasteiger partial charge >= 0.3 is 5.97 Å². The van der Waals surface area contributed by atoms with Crippen molar-refractivity contribution in [2.75, 3.05) is 0 Å². The van der Waals surface area contributed by atoms with Gasteiger partial charge < -0.3 is 19.6 Å². The molecule has 6 heteroatoms. The van der Waals surface area contributed by atoms with Crippen LogP contribution in [-0.4, -0.2) is 29.2 Å². The normalized spacial score (nSPS) is 14.0. The van der Waals surface area contributed by atoms with Crippen LogP contribution in [0.25, 0.3) is 0 Å². The number of carboxylic acid groups (broad SMARTS) is 1. The summed E-state index contributed by atoms with van der Waals surface area (Å²) >= 11 is 0. The van der Waals surface area contributed by atoms with Gasteiger partial charge in [0.15, 0.2) is 6.10 Å². The van der Waals surface area contributed by atoms with Crippen molar-refractivity contribution in [2.24, 2.45) is 0 Å². The van der Waals surface area contributed by atoms with Crippen LogP contribution in [0.3, 0.4) is 0 Å². The first-order valence-electron chi connectivity index (χ1n) is 5.19. The number of aliphatic carboxylic acids is 1. The summed E-state index contributed by atoms with van der Waals surface area (Å²) in [6.45, 7) is 3.12. The third-order valence-corrected chi connectivity index (χ3v) is 2.14. The first kappa shape index (κ1) is 13.2. The molecule has 1 rings (SSSR count). The van der Waals surface area contributed by atoms with Crippen molar-refractivity contribution in [1.82, 2.24) is 5.32 Å². The molecule has 1 amide bonds. The van der Waals surface area contributed by atoms with Crippen molar-refractivity contribution < 1.29 is 23.8 Å². The van der Waals surface area contributed by atoms with E-state index in [2.05, 4.69) is 5.32 Å². The minimum absolute atomic E-state index is 0.251. The zero-order valence-electron chi connectivity index (χ0n) is 9.67. The van der Waals surface area contributed by atoms with E-state index in [1.165, 1.54) is 20.1 Å². The molecule has 0 aliphatic rings. The van der Waals surface area contributed by atoms with Crippen molar-refractivity contribution in [3.8, 4) is 0 Å². The first-order chi connectivity index (χ1) is 8.00. The predicted octanol–water partition coefficient (Wildman–Crippen LogP) is 0.774. The van der Waals surface area contributed by atoms with Gasteiger partial charge in [-0.3, -0.25) is 4.79 Å². The van der Waals surface area contributed by atoms with Crippen molar-refractivity contribution in [1.29, 1.82) is 0 Å². The quantitative estimate of drug-likeness (QED) is 0.768. The number of carbonyl (C=O) groups is 2. The molecule has 1 heterocycles. The average Bonchev–Trinajstić information content (AvgIpc) is 2.78. The van der Waals surface area contributed by atoms with Gasteiger partial charge in [-0.05, 0) is 26.0 Å².